The molecule has 1 N–H and O–H groups in total. The molecule has 0 unspecified atom stereocenters. The van der Waals surface area contributed by atoms with Gasteiger partial charge in [0.1, 0.15) is 17.5 Å². The van der Waals surface area contributed by atoms with Gasteiger partial charge < -0.3 is 10.2 Å². The average molecular weight is 285 g/mol. The Labute approximate surface area is 123 Å². The minimum Gasteiger partial charge on any atom is -0.358 e. The molecular weight excluding hydrogens is 269 g/mol. The zero-order chi connectivity index (χ0) is 15.7. The number of nitrogens with zero attached hydrogens (tertiary/aromatic N) is 2. The maximum absolute atomic E-state index is 13.4. The van der Waals surface area contributed by atoms with Crippen LogP contribution in [0.25, 0.3) is 0 Å². The number of amides is 1. The van der Waals surface area contributed by atoms with Gasteiger partial charge in [0.15, 0.2) is 0 Å². The molecule has 1 aromatic carbocycles. The van der Waals surface area contributed by atoms with Crippen molar-refractivity contribution in [3.8, 4) is 6.07 Å². The van der Waals surface area contributed by atoms with E-state index in [2.05, 4.69) is 18.5 Å². The smallest absolute Gasteiger partial charge is 0.266 e. The molecule has 0 spiro atoms. The van der Waals surface area contributed by atoms with Gasteiger partial charge in [-0.25, -0.2) is 4.39 Å². The van der Waals surface area contributed by atoms with E-state index in [9.17, 15) is 9.18 Å². The van der Waals surface area contributed by atoms with Crippen molar-refractivity contribution in [1.29, 1.82) is 5.26 Å². The molecule has 0 heterocycles. The third kappa shape index (κ3) is 4.62. The van der Waals surface area contributed by atoms with Gasteiger partial charge in [0.05, 0.1) is 5.69 Å². The van der Waals surface area contributed by atoms with Gasteiger partial charge in [0, 0.05) is 19.3 Å². The maximum atomic E-state index is 13.4. The van der Waals surface area contributed by atoms with E-state index in [1.807, 2.05) is 0 Å². The highest BCUT2D eigenvalue weighted by Crippen LogP contribution is 2.13. The third-order valence-corrected chi connectivity index (χ3v) is 2.58. The highest BCUT2D eigenvalue weighted by atomic mass is 19.1. The lowest BCUT2D eigenvalue weighted by Crippen LogP contribution is -2.32. The fourth-order valence-electron chi connectivity index (χ4n) is 1.59. The second-order valence-corrected chi connectivity index (χ2v) is 4.08. The van der Waals surface area contributed by atoms with Gasteiger partial charge in [0.2, 0.25) is 0 Å². The van der Waals surface area contributed by atoms with Crippen molar-refractivity contribution in [2.24, 2.45) is 0 Å². The molecule has 1 rings (SSSR count). The van der Waals surface area contributed by atoms with E-state index >= 15 is 0 Å². The van der Waals surface area contributed by atoms with Crippen LogP contribution in [0.5, 0.6) is 0 Å². The van der Waals surface area contributed by atoms with Gasteiger partial charge in [0.25, 0.3) is 5.91 Å². The molecule has 1 aromatic rings. The predicted molar refractivity (Wildman–Crippen MR) is 80.7 cm³/mol. The zero-order valence-corrected chi connectivity index (χ0v) is 11.6. The maximum Gasteiger partial charge on any atom is 0.266 e. The van der Waals surface area contributed by atoms with E-state index in [0.29, 0.717) is 13.1 Å². The van der Waals surface area contributed by atoms with Crippen LogP contribution in [0, 0.1) is 17.1 Å². The molecule has 0 saturated carbocycles. The first kappa shape index (κ1) is 16.2. The summed E-state index contributed by atoms with van der Waals surface area (Å²) in [6.07, 6.45) is 4.31. The number of para-hydroxylation sites is 1. The lowest BCUT2D eigenvalue weighted by Gasteiger charge is -2.18. The number of carbonyl (C=O) groups excluding carboxylic acids is 1. The summed E-state index contributed by atoms with van der Waals surface area (Å²) in [5.41, 5.74) is 0.0685. The van der Waals surface area contributed by atoms with E-state index in [0.717, 1.165) is 0 Å². The van der Waals surface area contributed by atoms with Crippen LogP contribution < -0.4 is 5.32 Å². The second-order valence-electron chi connectivity index (χ2n) is 4.08. The van der Waals surface area contributed by atoms with Gasteiger partial charge >= 0.3 is 0 Å². The number of rotatable bonds is 7. The molecule has 5 heteroatoms. The number of carbonyl (C=O) groups is 1. The number of anilines is 1. The van der Waals surface area contributed by atoms with Crippen LogP contribution in [0.1, 0.15) is 0 Å². The van der Waals surface area contributed by atoms with Crippen molar-refractivity contribution >= 4 is 11.6 Å². The van der Waals surface area contributed by atoms with E-state index in [4.69, 9.17) is 5.26 Å². The number of benzene rings is 1. The highest BCUT2D eigenvalue weighted by Gasteiger charge is 2.16. The Morgan fingerprint density at radius 1 is 1.33 bits per heavy atom. The van der Waals surface area contributed by atoms with Crippen LogP contribution in [0.15, 0.2) is 61.3 Å². The summed E-state index contributed by atoms with van der Waals surface area (Å²) < 4.78 is 13.4. The van der Waals surface area contributed by atoms with Crippen molar-refractivity contribution in [1.82, 2.24) is 4.90 Å². The summed E-state index contributed by atoms with van der Waals surface area (Å²) in [6.45, 7) is 7.71. The third-order valence-electron chi connectivity index (χ3n) is 2.58. The minimum absolute atomic E-state index is 0.123. The van der Waals surface area contributed by atoms with Crippen molar-refractivity contribution < 1.29 is 9.18 Å². The predicted octanol–water partition coefficient (Wildman–Crippen LogP) is 2.85. The first-order chi connectivity index (χ1) is 10.1. The largest absolute Gasteiger partial charge is 0.358 e. The second kappa shape index (κ2) is 8.33. The molecule has 0 radical (unpaired) electrons. The van der Waals surface area contributed by atoms with E-state index < -0.39 is 11.7 Å². The molecular formula is C16H16FN3O. The molecule has 108 valence electrons. The number of hydrogen-bond donors (Lipinski definition) is 1. The van der Waals surface area contributed by atoms with Gasteiger partial charge in [-0.15, -0.1) is 13.2 Å². The Morgan fingerprint density at radius 3 is 2.48 bits per heavy atom. The average Bonchev–Trinajstić information content (AvgIpc) is 2.49. The Hall–Kier alpha value is -2.87. The van der Waals surface area contributed by atoms with Crippen molar-refractivity contribution in [2.75, 3.05) is 18.4 Å². The number of nitriles is 1. The van der Waals surface area contributed by atoms with Gasteiger partial charge in [-0.3, -0.25) is 4.79 Å². The molecule has 0 aliphatic heterocycles. The standard InChI is InChI=1S/C16H16FN3O/c1-3-9-20(10-4-2)16(21)13(11-18)12-19-15-8-6-5-7-14(15)17/h3-8,12,19H,1-2,9-10H2/b13-12-. The normalized spacial score (nSPS) is 10.4. The molecule has 1 amide bonds. The molecule has 21 heavy (non-hydrogen) atoms. The van der Waals surface area contributed by atoms with Crippen LogP contribution in [-0.2, 0) is 4.79 Å². The topological polar surface area (TPSA) is 56.1 Å². The molecule has 4 nitrogen and oxygen atoms in total. The zero-order valence-electron chi connectivity index (χ0n) is 11.6. The number of nitrogens with one attached hydrogen (secondary N) is 1. The van der Waals surface area contributed by atoms with Gasteiger partial charge in [-0.2, -0.15) is 5.26 Å². The fourth-order valence-corrected chi connectivity index (χ4v) is 1.59. The lowest BCUT2D eigenvalue weighted by atomic mass is 10.2. The van der Waals surface area contributed by atoms with Crippen molar-refractivity contribution in [3.63, 3.8) is 0 Å². The summed E-state index contributed by atoms with van der Waals surface area (Å²) in [7, 11) is 0. The minimum atomic E-state index is -0.471. The summed E-state index contributed by atoms with van der Waals surface area (Å²) >= 11 is 0. The fraction of sp³-hybridized carbons (Fsp3) is 0.125. The van der Waals surface area contributed by atoms with Crippen LogP contribution in [0.2, 0.25) is 0 Å². The van der Waals surface area contributed by atoms with Crippen LogP contribution in [0.3, 0.4) is 0 Å². The molecule has 0 bridgehead atoms. The molecule has 0 saturated heterocycles. The van der Waals surface area contributed by atoms with Gasteiger partial charge in [-0.1, -0.05) is 24.3 Å². The van der Waals surface area contributed by atoms with E-state index in [1.165, 1.54) is 23.2 Å². The molecule has 0 atom stereocenters. The Balaban J connectivity index is 2.91. The number of halogens is 1. The van der Waals surface area contributed by atoms with Crippen LogP contribution >= 0.6 is 0 Å². The summed E-state index contributed by atoms with van der Waals surface area (Å²) in [4.78, 5) is 13.6. The molecule has 0 aromatic heterocycles. The Bertz CT molecular complexity index is 592. The highest BCUT2D eigenvalue weighted by molar-refractivity contribution is 5.97. The summed E-state index contributed by atoms with van der Waals surface area (Å²) in [6, 6.07) is 7.80. The SMILES string of the molecule is C=CCN(CC=C)C(=O)/C(C#N)=C\Nc1ccccc1F. The van der Waals surface area contributed by atoms with Crippen LogP contribution in [-0.4, -0.2) is 23.9 Å². The first-order valence-corrected chi connectivity index (χ1v) is 6.26. The molecule has 0 aliphatic carbocycles. The molecule has 0 fully saturated rings. The number of hydrogen-bond acceptors (Lipinski definition) is 3. The van der Waals surface area contributed by atoms with E-state index in [-0.39, 0.29) is 11.3 Å². The van der Waals surface area contributed by atoms with E-state index in [1.54, 1.807) is 30.4 Å². The monoisotopic (exact) mass is 285 g/mol. The first-order valence-electron chi connectivity index (χ1n) is 6.26. The Morgan fingerprint density at radius 2 is 1.95 bits per heavy atom. The van der Waals surface area contributed by atoms with Gasteiger partial charge in [-0.05, 0) is 12.1 Å². The van der Waals surface area contributed by atoms with Crippen molar-refractivity contribution in [3.05, 3.63) is 67.2 Å². The molecule has 0 aliphatic rings. The van der Waals surface area contributed by atoms with Crippen molar-refractivity contribution in [2.45, 2.75) is 0 Å². The summed E-state index contributed by atoms with van der Waals surface area (Å²) in [5, 5.41) is 11.7. The Kier molecular flexibility index (Phi) is 6.42. The quantitative estimate of drug-likeness (QED) is 0.476. The lowest BCUT2D eigenvalue weighted by molar-refractivity contribution is -0.125. The van der Waals surface area contributed by atoms with Crippen LogP contribution in [0.4, 0.5) is 10.1 Å². The summed E-state index contributed by atoms with van der Waals surface area (Å²) in [5.74, 6) is -0.936.